The van der Waals surface area contributed by atoms with E-state index in [1.54, 1.807) is 0 Å². The standard InChI is InChI=1S/C13H17NO/c1-11-7-3-4-8-12(11)13(14-2)9-5-6-10-15/h4-6,8,10,13H,2-3,7,9H2,1H3/b6-5+. The summed E-state index contributed by atoms with van der Waals surface area (Å²) in [6.07, 6.45) is 11.4. The normalized spacial score (nSPS) is 18.2. The maximum atomic E-state index is 10.2. The first kappa shape index (κ1) is 11.6. The summed E-state index contributed by atoms with van der Waals surface area (Å²) in [5.74, 6) is 0. The first-order valence-corrected chi connectivity index (χ1v) is 5.22. The number of hydrogen-bond acceptors (Lipinski definition) is 2. The van der Waals surface area contributed by atoms with Crippen LogP contribution in [0.2, 0.25) is 0 Å². The summed E-state index contributed by atoms with van der Waals surface area (Å²) < 4.78 is 0. The lowest BCUT2D eigenvalue weighted by Crippen LogP contribution is -2.09. The van der Waals surface area contributed by atoms with Crippen LogP contribution in [-0.4, -0.2) is 19.0 Å². The summed E-state index contributed by atoms with van der Waals surface area (Å²) in [5, 5.41) is 0. The van der Waals surface area contributed by atoms with Gasteiger partial charge in [-0.15, -0.1) is 0 Å². The van der Waals surface area contributed by atoms with Crippen LogP contribution >= 0.6 is 0 Å². The van der Waals surface area contributed by atoms with Crippen molar-refractivity contribution in [3.63, 3.8) is 0 Å². The van der Waals surface area contributed by atoms with Crippen molar-refractivity contribution in [3.8, 4) is 0 Å². The number of carbonyl (C=O) groups is 1. The monoisotopic (exact) mass is 203 g/mol. The van der Waals surface area contributed by atoms with Crippen LogP contribution in [0.15, 0.2) is 40.4 Å². The maximum Gasteiger partial charge on any atom is 0.142 e. The lowest BCUT2D eigenvalue weighted by atomic mass is 9.92. The molecule has 2 heteroatoms. The fraction of sp³-hybridized carbons (Fsp3) is 0.385. The molecule has 1 aliphatic rings. The Kier molecular flexibility index (Phi) is 4.75. The zero-order chi connectivity index (χ0) is 11.1. The van der Waals surface area contributed by atoms with E-state index in [9.17, 15) is 4.79 Å². The Labute approximate surface area is 91.1 Å². The number of aliphatic imine (C=N–C) groups is 1. The summed E-state index contributed by atoms with van der Waals surface area (Å²) in [6.45, 7) is 5.75. The van der Waals surface area contributed by atoms with E-state index in [-0.39, 0.29) is 6.04 Å². The molecule has 15 heavy (non-hydrogen) atoms. The molecule has 0 saturated carbocycles. The fourth-order valence-electron chi connectivity index (χ4n) is 1.76. The first-order chi connectivity index (χ1) is 7.29. The van der Waals surface area contributed by atoms with E-state index in [0.717, 1.165) is 25.5 Å². The Bertz CT molecular complexity index is 323. The summed E-state index contributed by atoms with van der Waals surface area (Å²) in [6, 6.07) is 0.0951. The van der Waals surface area contributed by atoms with Crippen molar-refractivity contribution in [1.29, 1.82) is 0 Å². The number of aldehydes is 1. The van der Waals surface area contributed by atoms with Gasteiger partial charge in [0.2, 0.25) is 0 Å². The molecule has 0 aromatic heterocycles. The molecule has 0 aliphatic heterocycles. The van der Waals surface area contributed by atoms with Crippen LogP contribution in [0, 0.1) is 0 Å². The van der Waals surface area contributed by atoms with Gasteiger partial charge in [0, 0.05) is 0 Å². The van der Waals surface area contributed by atoms with Gasteiger partial charge in [0.15, 0.2) is 0 Å². The van der Waals surface area contributed by atoms with Gasteiger partial charge in [-0.2, -0.15) is 0 Å². The number of allylic oxidation sites excluding steroid dienone is 3. The molecule has 1 aliphatic carbocycles. The summed E-state index contributed by atoms with van der Waals surface area (Å²) in [4.78, 5) is 14.3. The van der Waals surface area contributed by atoms with Crippen LogP contribution < -0.4 is 0 Å². The van der Waals surface area contributed by atoms with Gasteiger partial charge < -0.3 is 0 Å². The number of hydrogen-bond donors (Lipinski definition) is 0. The highest BCUT2D eigenvalue weighted by atomic mass is 16.1. The van der Waals surface area contributed by atoms with Gasteiger partial charge >= 0.3 is 0 Å². The van der Waals surface area contributed by atoms with E-state index >= 15 is 0 Å². The second-order valence-electron chi connectivity index (χ2n) is 3.68. The van der Waals surface area contributed by atoms with Gasteiger partial charge in [-0.25, -0.2) is 0 Å². The molecule has 0 bridgehead atoms. The van der Waals surface area contributed by atoms with E-state index in [1.165, 1.54) is 17.2 Å². The van der Waals surface area contributed by atoms with Gasteiger partial charge in [-0.1, -0.05) is 23.8 Å². The largest absolute Gasteiger partial charge is 0.299 e. The SMILES string of the molecule is C=NC(C/C=C/C=O)C1=C(C)CCC=C1. The lowest BCUT2D eigenvalue weighted by molar-refractivity contribution is -0.104. The predicted molar refractivity (Wildman–Crippen MR) is 64.2 cm³/mol. The minimum Gasteiger partial charge on any atom is -0.299 e. The molecule has 1 unspecified atom stereocenters. The van der Waals surface area contributed by atoms with Crippen LogP contribution in [0.5, 0.6) is 0 Å². The van der Waals surface area contributed by atoms with Gasteiger partial charge in [0.05, 0.1) is 6.04 Å². The minimum absolute atomic E-state index is 0.0951. The average molecular weight is 203 g/mol. The third-order valence-corrected chi connectivity index (χ3v) is 2.63. The zero-order valence-electron chi connectivity index (χ0n) is 9.15. The Hall–Kier alpha value is -1.44. The molecule has 0 N–H and O–H groups in total. The highest BCUT2D eigenvalue weighted by Crippen LogP contribution is 2.24. The van der Waals surface area contributed by atoms with E-state index in [1.807, 2.05) is 6.08 Å². The second kappa shape index (κ2) is 6.12. The minimum atomic E-state index is 0.0951. The first-order valence-electron chi connectivity index (χ1n) is 5.22. The van der Waals surface area contributed by atoms with Crippen molar-refractivity contribution < 1.29 is 4.79 Å². The molecule has 1 rings (SSSR count). The Balaban J connectivity index is 2.73. The highest BCUT2D eigenvalue weighted by Gasteiger charge is 2.12. The van der Waals surface area contributed by atoms with E-state index < -0.39 is 0 Å². The van der Waals surface area contributed by atoms with Crippen LogP contribution in [-0.2, 0) is 4.79 Å². The third kappa shape index (κ3) is 3.31. The van der Waals surface area contributed by atoms with Crippen molar-refractivity contribution in [1.82, 2.24) is 0 Å². The molecule has 0 radical (unpaired) electrons. The Morgan fingerprint density at radius 3 is 3.07 bits per heavy atom. The quantitative estimate of drug-likeness (QED) is 0.384. The molecule has 1 atom stereocenters. The van der Waals surface area contributed by atoms with Crippen LogP contribution in [0.4, 0.5) is 0 Å². The predicted octanol–water partition coefficient (Wildman–Crippen LogP) is 2.87. The van der Waals surface area contributed by atoms with Gasteiger partial charge in [0.1, 0.15) is 6.29 Å². The number of nitrogens with zero attached hydrogens (tertiary/aromatic N) is 1. The molecule has 0 saturated heterocycles. The molecular formula is C13H17NO. The smallest absolute Gasteiger partial charge is 0.142 e. The van der Waals surface area contributed by atoms with Crippen LogP contribution in [0.3, 0.4) is 0 Å². The Morgan fingerprint density at radius 1 is 1.67 bits per heavy atom. The summed E-state index contributed by atoms with van der Waals surface area (Å²) in [7, 11) is 0. The van der Waals surface area contributed by atoms with Gasteiger partial charge in [-0.3, -0.25) is 9.79 Å². The fourth-order valence-corrected chi connectivity index (χ4v) is 1.76. The van der Waals surface area contributed by atoms with Crippen molar-refractivity contribution in [2.24, 2.45) is 4.99 Å². The topological polar surface area (TPSA) is 29.4 Å². The average Bonchev–Trinajstić information content (AvgIpc) is 2.26. The van der Waals surface area contributed by atoms with Crippen molar-refractivity contribution in [3.05, 3.63) is 35.5 Å². The van der Waals surface area contributed by atoms with E-state index in [4.69, 9.17) is 0 Å². The number of carbonyl (C=O) groups excluding carboxylic acids is 1. The summed E-state index contributed by atoms with van der Waals surface area (Å²) in [5.41, 5.74) is 2.64. The molecule has 0 aromatic carbocycles. The highest BCUT2D eigenvalue weighted by molar-refractivity contribution is 5.64. The third-order valence-electron chi connectivity index (χ3n) is 2.63. The molecule has 2 nitrogen and oxygen atoms in total. The van der Waals surface area contributed by atoms with E-state index in [0.29, 0.717) is 0 Å². The maximum absolute atomic E-state index is 10.2. The van der Waals surface area contributed by atoms with E-state index in [2.05, 4.69) is 30.8 Å². The molecule has 0 fully saturated rings. The number of rotatable bonds is 5. The van der Waals surface area contributed by atoms with Crippen molar-refractivity contribution in [2.45, 2.75) is 32.2 Å². The Morgan fingerprint density at radius 2 is 2.47 bits per heavy atom. The molecule has 0 amide bonds. The van der Waals surface area contributed by atoms with Crippen molar-refractivity contribution >= 4 is 13.0 Å². The van der Waals surface area contributed by atoms with Gasteiger partial charge in [0.25, 0.3) is 0 Å². The molecular weight excluding hydrogens is 186 g/mol. The molecule has 0 heterocycles. The molecule has 0 aromatic rings. The lowest BCUT2D eigenvalue weighted by Gasteiger charge is -2.18. The molecule has 0 spiro atoms. The van der Waals surface area contributed by atoms with Crippen LogP contribution in [0.25, 0.3) is 0 Å². The molecule has 80 valence electrons. The van der Waals surface area contributed by atoms with Crippen molar-refractivity contribution in [2.75, 3.05) is 0 Å². The summed E-state index contributed by atoms with van der Waals surface area (Å²) >= 11 is 0. The van der Waals surface area contributed by atoms with Crippen LogP contribution in [0.1, 0.15) is 26.2 Å². The zero-order valence-corrected chi connectivity index (χ0v) is 9.15. The second-order valence-corrected chi connectivity index (χ2v) is 3.68. The van der Waals surface area contributed by atoms with Gasteiger partial charge in [-0.05, 0) is 44.6 Å².